The molecule has 0 atom stereocenters. The van der Waals surface area contributed by atoms with Crippen molar-refractivity contribution in [3.63, 3.8) is 0 Å². The fourth-order valence-corrected chi connectivity index (χ4v) is 2.78. The molecule has 1 heterocycles. The average Bonchev–Trinajstić information content (AvgIpc) is 2.90. The quantitative estimate of drug-likeness (QED) is 0.445. The molecule has 0 saturated carbocycles. The summed E-state index contributed by atoms with van der Waals surface area (Å²) in [5.41, 5.74) is 3.19. The normalized spacial score (nSPS) is 10.5. The van der Waals surface area contributed by atoms with Crippen LogP contribution in [0.3, 0.4) is 0 Å². The number of H-pyrrole nitrogens is 1. The first-order chi connectivity index (χ1) is 12.3. The van der Waals surface area contributed by atoms with Crippen LogP contribution < -0.4 is 5.32 Å². The number of amides is 1. The molecule has 0 saturated heterocycles. The van der Waals surface area contributed by atoms with Crippen LogP contribution >= 0.6 is 0 Å². The van der Waals surface area contributed by atoms with Gasteiger partial charge in [-0.25, -0.2) is 4.79 Å². The topological polar surface area (TPSA) is 88.3 Å². The highest BCUT2D eigenvalue weighted by Gasteiger charge is 2.20. The molecule has 2 rings (SSSR count). The minimum Gasteiger partial charge on any atom is -0.462 e. The van der Waals surface area contributed by atoms with Gasteiger partial charge >= 0.3 is 5.97 Å². The second kappa shape index (κ2) is 8.47. The highest BCUT2D eigenvalue weighted by molar-refractivity contribution is 6.07. The Labute approximate surface area is 152 Å². The number of Topliss-reactive ketones (excluding diaryl/α,β-unsaturated/α-hetero) is 1. The molecule has 1 amide bonds. The van der Waals surface area contributed by atoms with Crippen molar-refractivity contribution in [2.75, 3.05) is 11.9 Å². The Hall–Kier alpha value is -2.89. The maximum absolute atomic E-state index is 12.5. The van der Waals surface area contributed by atoms with Gasteiger partial charge in [-0.05, 0) is 57.0 Å². The molecule has 0 unspecified atom stereocenters. The maximum atomic E-state index is 12.5. The van der Waals surface area contributed by atoms with Crippen molar-refractivity contribution in [2.24, 2.45) is 0 Å². The number of rotatable bonds is 7. The zero-order valence-corrected chi connectivity index (χ0v) is 15.6. The van der Waals surface area contributed by atoms with Gasteiger partial charge in [0.25, 0.3) is 5.91 Å². The van der Waals surface area contributed by atoms with Gasteiger partial charge in [0.2, 0.25) is 0 Å². The third-order valence-electron chi connectivity index (χ3n) is 4.13. The summed E-state index contributed by atoms with van der Waals surface area (Å²) in [6, 6.07) is 6.51. The Morgan fingerprint density at radius 3 is 2.31 bits per heavy atom. The molecule has 0 aliphatic heterocycles. The SMILES string of the molecule is CCCCOC(=O)c1ccc(NC(=O)c2[nH]c(C)c(C(C)=O)c2C)cc1. The second-order valence-electron chi connectivity index (χ2n) is 6.20. The molecule has 0 spiro atoms. The number of nitrogens with one attached hydrogen (secondary N) is 2. The van der Waals surface area contributed by atoms with Crippen molar-refractivity contribution in [3.8, 4) is 0 Å². The molecular weight excluding hydrogens is 332 g/mol. The molecule has 1 aromatic heterocycles. The van der Waals surface area contributed by atoms with Crippen LogP contribution in [0.2, 0.25) is 0 Å². The number of aromatic nitrogens is 1. The Morgan fingerprint density at radius 1 is 1.12 bits per heavy atom. The number of unbranched alkanes of at least 4 members (excludes halogenated alkanes) is 1. The van der Waals surface area contributed by atoms with Crippen molar-refractivity contribution in [1.29, 1.82) is 0 Å². The minimum absolute atomic E-state index is 0.0822. The second-order valence-corrected chi connectivity index (χ2v) is 6.20. The third kappa shape index (κ3) is 4.39. The highest BCUT2D eigenvalue weighted by Crippen LogP contribution is 2.20. The Bertz CT molecular complexity index is 819. The predicted octanol–water partition coefficient (Wildman–Crippen LogP) is 4.04. The smallest absolute Gasteiger partial charge is 0.338 e. The van der Waals surface area contributed by atoms with Gasteiger partial charge in [-0.1, -0.05) is 13.3 Å². The number of benzene rings is 1. The fraction of sp³-hybridized carbons (Fsp3) is 0.350. The standard InChI is InChI=1S/C20H24N2O4/c1-5-6-11-26-20(25)15-7-9-16(10-8-15)22-19(24)18-12(2)17(14(4)23)13(3)21-18/h7-10,21H,5-6,11H2,1-4H3,(H,22,24). The van der Waals surface area contributed by atoms with Crippen molar-refractivity contribution in [2.45, 2.75) is 40.5 Å². The number of hydrogen-bond acceptors (Lipinski definition) is 4. The lowest BCUT2D eigenvalue weighted by Crippen LogP contribution is -2.14. The van der Waals surface area contributed by atoms with Crippen LogP contribution in [0.4, 0.5) is 5.69 Å². The number of ether oxygens (including phenoxy) is 1. The Kier molecular flexibility index (Phi) is 6.33. The predicted molar refractivity (Wildman–Crippen MR) is 99.9 cm³/mol. The molecule has 6 heteroatoms. The fourth-order valence-electron chi connectivity index (χ4n) is 2.78. The van der Waals surface area contributed by atoms with E-state index in [-0.39, 0.29) is 17.7 Å². The molecule has 6 nitrogen and oxygen atoms in total. The molecule has 2 N–H and O–H groups in total. The molecule has 26 heavy (non-hydrogen) atoms. The molecule has 0 radical (unpaired) electrons. The maximum Gasteiger partial charge on any atom is 0.338 e. The first-order valence-electron chi connectivity index (χ1n) is 8.63. The molecule has 0 aliphatic rings. The van der Waals surface area contributed by atoms with Crippen LogP contribution in [0.5, 0.6) is 0 Å². The number of aryl methyl sites for hydroxylation is 1. The number of aromatic amines is 1. The number of ketones is 1. The van der Waals surface area contributed by atoms with Gasteiger partial charge in [0.1, 0.15) is 5.69 Å². The van der Waals surface area contributed by atoms with E-state index < -0.39 is 0 Å². The molecule has 0 aliphatic carbocycles. The third-order valence-corrected chi connectivity index (χ3v) is 4.13. The monoisotopic (exact) mass is 356 g/mol. The first-order valence-corrected chi connectivity index (χ1v) is 8.63. The van der Waals surface area contributed by atoms with Crippen LogP contribution in [0, 0.1) is 13.8 Å². The molecular formula is C20H24N2O4. The Morgan fingerprint density at radius 2 is 1.77 bits per heavy atom. The van der Waals surface area contributed by atoms with Crippen molar-refractivity contribution < 1.29 is 19.1 Å². The van der Waals surface area contributed by atoms with Gasteiger partial charge in [-0.15, -0.1) is 0 Å². The number of anilines is 1. The van der Waals surface area contributed by atoms with Crippen LogP contribution in [0.15, 0.2) is 24.3 Å². The molecule has 0 fully saturated rings. The number of hydrogen-bond donors (Lipinski definition) is 2. The van der Waals surface area contributed by atoms with E-state index in [0.29, 0.717) is 40.4 Å². The van der Waals surface area contributed by atoms with Crippen molar-refractivity contribution in [1.82, 2.24) is 4.98 Å². The lowest BCUT2D eigenvalue weighted by Gasteiger charge is -2.07. The van der Waals surface area contributed by atoms with Gasteiger partial charge in [0.05, 0.1) is 12.2 Å². The molecule has 1 aromatic carbocycles. The van der Waals surface area contributed by atoms with Crippen LogP contribution in [0.1, 0.15) is 69.2 Å². The van der Waals surface area contributed by atoms with Crippen molar-refractivity contribution >= 4 is 23.3 Å². The summed E-state index contributed by atoms with van der Waals surface area (Å²) in [6.45, 7) is 7.41. The lowest BCUT2D eigenvalue weighted by atomic mass is 10.1. The van der Waals surface area contributed by atoms with E-state index >= 15 is 0 Å². The first kappa shape index (κ1) is 19.4. The van der Waals surface area contributed by atoms with E-state index in [0.717, 1.165) is 12.8 Å². The van der Waals surface area contributed by atoms with Crippen LogP contribution in [-0.4, -0.2) is 29.3 Å². The number of carbonyl (C=O) groups is 3. The molecule has 2 aromatic rings. The Balaban J connectivity index is 2.07. The van der Waals surface area contributed by atoms with E-state index in [1.165, 1.54) is 6.92 Å². The molecule has 0 bridgehead atoms. The summed E-state index contributed by atoms with van der Waals surface area (Å²) in [5.74, 6) is -0.795. The van der Waals surface area contributed by atoms with Crippen LogP contribution in [-0.2, 0) is 4.74 Å². The largest absolute Gasteiger partial charge is 0.462 e. The lowest BCUT2D eigenvalue weighted by molar-refractivity contribution is 0.0499. The van der Waals surface area contributed by atoms with Gasteiger partial charge in [0, 0.05) is 16.9 Å². The van der Waals surface area contributed by atoms with E-state index in [4.69, 9.17) is 4.74 Å². The van der Waals surface area contributed by atoms with E-state index in [1.807, 2.05) is 6.92 Å². The van der Waals surface area contributed by atoms with Gasteiger partial charge in [0.15, 0.2) is 5.78 Å². The number of carbonyl (C=O) groups excluding carboxylic acids is 3. The highest BCUT2D eigenvalue weighted by atomic mass is 16.5. The van der Waals surface area contributed by atoms with Gasteiger partial charge in [-0.3, -0.25) is 9.59 Å². The summed E-state index contributed by atoms with van der Waals surface area (Å²) in [4.78, 5) is 39.0. The molecule has 138 valence electrons. The number of esters is 1. The zero-order chi connectivity index (χ0) is 19.3. The zero-order valence-electron chi connectivity index (χ0n) is 15.6. The van der Waals surface area contributed by atoms with Crippen molar-refractivity contribution in [3.05, 3.63) is 52.3 Å². The van der Waals surface area contributed by atoms with Crippen LogP contribution in [0.25, 0.3) is 0 Å². The van der Waals surface area contributed by atoms with E-state index in [2.05, 4.69) is 10.3 Å². The van der Waals surface area contributed by atoms with Gasteiger partial charge < -0.3 is 15.0 Å². The minimum atomic E-state index is -0.377. The summed E-state index contributed by atoms with van der Waals surface area (Å²) >= 11 is 0. The van der Waals surface area contributed by atoms with E-state index in [9.17, 15) is 14.4 Å². The summed E-state index contributed by atoms with van der Waals surface area (Å²) in [6.07, 6.45) is 1.79. The van der Waals surface area contributed by atoms with E-state index in [1.54, 1.807) is 38.1 Å². The summed E-state index contributed by atoms with van der Waals surface area (Å²) < 4.78 is 5.15. The average molecular weight is 356 g/mol. The summed E-state index contributed by atoms with van der Waals surface area (Å²) in [5, 5.41) is 2.76. The van der Waals surface area contributed by atoms with Gasteiger partial charge in [-0.2, -0.15) is 0 Å². The summed E-state index contributed by atoms with van der Waals surface area (Å²) in [7, 11) is 0.